The minimum Gasteiger partial charge on any atom is -0.486 e. The summed E-state index contributed by atoms with van der Waals surface area (Å²) in [4.78, 5) is 12.2. The highest BCUT2D eigenvalue weighted by molar-refractivity contribution is 6.17. The number of alkyl halides is 1. The Hall–Kier alpha value is -1.10. The average Bonchev–Trinajstić information content (AvgIpc) is 2.83. The minimum atomic E-state index is 0.127. The van der Waals surface area contributed by atoms with E-state index in [1.807, 2.05) is 0 Å². The van der Waals surface area contributed by atoms with E-state index in [4.69, 9.17) is 25.8 Å². The molecule has 4 saturated carbocycles. The van der Waals surface area contributed by atoms with Crippen molar-refractivity contribution in [1.82, 2.24) is 0 Å². The van der Waals surface area contributed by atoms with Crippen LogP contribution in [0.5, 0.6) is 5.75 Å². The summed E-state index contributed by atoms with van der Waals surface area (Å²) in [5.41, 5.74) is 1.91. The molecular weight excluding hydrogens is 448 g/mol. The second-order valence-corrected chi connectivity index (χ2v) is 11.4. The fraction of sp³-hybridized carbons (Fsp3) is 0.759. The lowest BCUT2D eigenvalue weighted by atomic mass is 9.48. The number of hydrogen-bond donors (Lipinski definition) is 0. The zero-order valence-electron chi connectivity index (χ0n) is 20.8. The number of carbonyl (C=O) groups is 1. The van der Waals surface area contributed by atoms with Gasteiger partial charge in [-0.1, -0.05) is 25.0 Å². The molecule has 4 nitrogen and oxygen atoms in total. The summed E-state index contributed by atoms with van der Waals surface area (Å²) in [7, 11) is 0. The number of benzene rings is 1. The van der Waals surface area contributed by atoms with Crippen molar-refractivity contribution in [2.45, 2.75) is 82.5 Å². The molecule has 0 spiro atoms. The Morgan fingerprint density at radius 3 is 2.00 bits per heavy atom. The molecule has 190 valence electrons. The van der Waals surface area contributed by atoms with Gasteiger partial charge >= 0.3 is 0 Å². The molecule has 0 aliphatic heterocycles. The van der Waals surface area contributed by atoms with E-state index >= 15 is 0 Å². The van der Waals surface area contributed by atoms with E-state index in [1.165, 1.54) is 56.9 Å². The summed E-state index contributed by atoms with van der Waals surface area (Å²) in [6.07, 6.45) is 14.3. The average molecular weight is 491 g/mol. The number of halogens is 1. The van der Waals surface area contributed by atoms with Crippen LogP contribution < -0.4 is 4.74 Å². The Kier molecular flexibility index (Phi) is 10.1. The van der Waals surface area contributed by atoms with Gasteiger partial charge in [-0.25, -0.2) is 0 Å². The molecule has 0 amide bonds. The van der Waals surface area contributed by atoms with Crippen LogP contribution >= 0.6 is 11.6 Å². The first-order valence-corrected chi connectivity index (χ1v) is 14.2. The number of ether oxygens (including phenoxy) is 3. The molecule has 1 aromatic carbocycles. The normalized spacial score (nSPS) is 27.3. The second kappa shape index (κ2) is 13.3. The van der Waals surface area contributed by atoms with Crippen molar-refractivity contribution >= 4 is 17.4 Å². The zero-order valence-corrected chi connectivity index (χ0v) is 21.5. The van der Waals surface area contributed by atoms with Gasteiger partial charge < -0.3 is 14.2 Å². The predicted molar refractivity (Wildman–Crippen MR) is 137 cm³/mol. The van der Waals surface area contributed by atoms with Crippen LogP contribution in [-0.2, 0) is 19.7 Å². The smallest absolute Gasteiger partial charge is 0.170 e. The summed E-state index contributed by atoms with van der Waals surface area (Å²) in [6, 6.07) is 8.68. The standard InChI is InChI=1S/C29H43ClO4/c30-11-3-1-2-4-12-32-14-15-33-13-5-6-27(31)22-34-28-9-7-26(8-10-28)29-19-23-16-24(20-29)18-25(17-23)21-29/h7-10,23-25H,1-6,11-22H2. The van der Waals surface area contributed by atoms with Crippen LogP contribution in [-0.4, -0.2) is 44.7 Å². The third-order valence-corrected chi connectivity index (χ3v) is 8.46. The van der Waals surface area contributed by atoms with E-state index in [9.17, 15) is 4.79 Å². The van der Waals surface area contributed by atoms with Gasteiger partial charge in [0.2, 0.25) is 0 Å². The van der Waals surface area contributed by atoms with Gasteiger partial charge in [0.05, 0.1) is 13.2 Å². The highest BCUT2D eigenvalue weighted by atomic mass is 35.5. The number of Topliss-reactive ketones (excluding diaryl/α,β-unsaturated/α-hetero) is 1. The summed E-state index contributed by atoms with van der Waals surface area (Å²) in [6.45, 7) is 2.72. The van der Waals surface area contributed by atoms with Crippen LogP contribution in [0.2, 0.25) is 0 Å². The molecule has 0 unspecified atom stereocenters. The maximum Gasteiger partial charge on any atom is 0.170 e. The third-order valence-electron chi connectivity index (χ3n) is 8.19. The number of hydrogen-bond acceptors (Lipinski definition) is 4. The maximum atomic E-state index is 12.2. The number of rotatable bonds is 17. The van der Waals surface area contributed by atoms with Gasteiger partial charge in [-0.05, 0) is 98.7 Å². The molecule has 0 heterocycles. The lowest BCUT2D eigenvalue weighted by molar-refractivity contribution is -0.121. The van der Waals surface area contributed by atoms with Crippen LogP contribution in [0.4, 0.5) is 0 Å². The van der Waals surface area contributed by atoms with E-state index in [0.717, 1.165) is 55.3 Å². The summed E-state index contributed by atoms with van der Waals surface area (Å²) in [5, 5.41) is 0. The highest BCUT2D eigenvalue weighted by Crippen LogP contribution is 2.60. The Labute approximate surface area is 211 Å². The zero-order chi connectivity index (χ0) is 23.6. The van der Waals surface area contributed by atoms with Crippen molar-refractivity contribution < 1.29 is 19.0 Å². The minimum absolute atomic E-state index is 0.127. The molecule has 5 rings (SSSR count). The summed E-state index contributed by atoms with van der Waals surface area (Å²) >= 11 is 5.66. The maximum absolute atomic E-state index is 12.2. The molecule has 0 saturated heterocycles. The van der Waals surface area contributed by atoms with Crippen molar-refractivity contribution in [2.75, 3.05) is 38.9 Å². The van der Waals surface area contributed by atoms with E-state index in [2.05, 4.69) is 24.3 Å². The van der Waals surface area contributed by atoms with Gasteiger partial charge in [0.15, 0.2) is 5.78 Å². The van der Waals surface area contributed by atoms with Crippen LogP contribution in [0.15, 0.2) is 24.3 Å². The molecule has 5 heteroatoms. The first-order valence-electron chi connectivity index (χ1n) is 13.6. The fourth-order valence-electron chi connectivity index (χ4n) is 6.95. The van der Waals surface area contributed by atoms with Gasteiger partial charge in [0.25, 0.3) is 0 Å². The SMILES string of the molecule is O=C(CCCOCCOCCCCCCCl)COc1ccc(C23CC4CC(CC(C4)C2)C3)cc1. The molecule has 0 aromatic heterocycles. The molecule has 0 N–H and O–H groups in total. The van der Waals surface area contributed by atoms with Crippen molar-refractivity contribution in [1.29, 1.82) is 0 Å². The van der Waals surface area contributed by atoms with Crippen LogP contribution in [0.3, 0.4) is 0 Å². The van der Waals surface area contributed by atoms with E-state index in [1.54, 1.807) is 0 Å². The van der Waals surface area contributed by atoms with Crippen molar-refractivity contribution in [2.24, 2.45) is 17.8 Å². The Bertz CT molecular complexity index is 712. The van der Waals surface area contributed by atoms with E-state index in [-0.39, 0.29) is 12.4 Å². The van der Waals surface area contributed by atoms with Crippen molar-refractivity contribution in [3.8, 4) is 5.75 Å². The molecule has 1 aromatic rings. The van der Waals surface area contributed by atoms with E-state index < -0.39 is 0 Å². The third kappa shape index (κ3) is 7.45. The van der Waals surface area contributed by atoms with Gasteiger partial charge in [-0.2, -0.15) is 0 Å². The van der Waals surface area contributed by atoms with Gasteiger partial charge in [0, 0.05) is 25.5 Å². The van der Waals surface area contributed by atoms with E-state index in [0.29, 0.717) is 31.7 Å². The van der Waals surface area contributed by atoms with Crippen molar-refractivity contribution in [3.63, 3.8) is 0 Å². The van der Waals surface area contributed by atoms with Crippen LogP contribution in [0, 0.1) is 17.8 Å². The van der Waals surface area contributed by atoms with Crippen LogP contribution in [0.25, 0.3) is 0 Å². The quantitative estimate of drug-likeness (QED) is 0.180. The molecule has 34 heavy (non-hydrogen) atoms. The Morgan fingerprint density at radius 1 is 0.794 bits per heavy atom. The monoisotopic (exact) mass is 490 g/mol. The first kappa shape index (κ1) is 26.0. The topological polar surface area (TPSA) is 44.8 Å². The van der Waals surface area contributed by atoms with Gasteiger partial charge in [-0.15, -0.1) is 11.6 Å². The van der Waals surface area contributed by atoms with Gasteiger partial charge in [0.1, 0.15) is 12.4 Å². The summed E-state index contributed by atoms with van der Waals surface area (Å²) < 4.78 is 16.9. The van der Waals surface area contributed by atoms with Gasteiger partial charge in [-0.3, -0.25) is 4.79 Å². The lowest BCUT2D eigenvalue weighted by Gasteiger charge is -2.57. The Balaban J connectivity index is 1.04. The largest absolute Gasteiger partial charge is 0.486 e. The number of carbonyl (C=O) groups excluding carboxylic acids is 1. The lowest BCUT2D eigenvalue weighted by Crippen LogP contribution is -2.48. The molecule has 4 aliphatic carbocycles. The molecule has 4 aliphatic rings. The molecule has 4 fully saturated rings. The molecule has 4 bridgehead atoms. The summed E-state index contributed by atoms with van der Waals surface area (Å²) in [5.74, 6) is 4.53. The van der Waals surface area contributed by atoms with Crippen molar-refractivity contribution in [3.05, 3.63) is 29.8 Å². The molecule has 0 radical (unpaired) electrons. The first-order chi connectivity index (χ1) is 16.7. The second-order valence-electron chi connectivity index (χ2n) is 11.0. The van der Waals surface area contributed by atoms with Crippen LogP contribution in [0.1, 0.15) is 82.6 Å². The fourth-order valence-corrected chi connectivity index (χ4v) is 7.14. The molecule has 0 atom stereocenters. The Morgan fingerprint density at radius 2 is 1.38 bits per heavy atom. The highest BCUT2D eigenvalue weighted by Gasteiger charge is 2.51. The number of ketones is 1. The predicted octanol–water partition coefficient (Wildman–Crippen LogP) is 6.71. The molecular formula is C29H43ClO4. The number of unbranched alkanes of at least 4 members (excludes halogenated alkanes) is 3.